The number of fused-ring (bicyclic) bond motifs is 1. The van der Waals surface area contributed by atoms with Crippen molar-refractivity contribution in [1.82, 2.24) is 10.3 Å². The highest BCUT2D eigenvalue weighted by Gasteiger charge is 2.35. The molecule has 4 rings (SSSR count). The fourth-order valence-electron chi connectivity index (χ4n) is 4.80. The van der Waals surface area contributed by atoms with Gasteiger partial charge in [-0.25, -0.2) is 19.4 Å². The Balaban J connectivity index is 1.81. The summed E-state index contributed by atoms with van der Waals surface area (Å²) in [6.45, 7) is 13.0. The molecule has 0 bridgehead atoms. The number of alkyl carbamates (subject to hydrolysis) is 1. The summed E-state index contributed by atoms with van der Waals surface area (Å²) < 4.78 is 12.0. The summed E-state index contributed by atoms with van der Waals surface area (Å²) in [6.07, 6.45) is 1.11. The molecule has 0 radical (unpaired) electrons. The average molecular weight is 634 g/mol. The summed E-state index contributed by atoms with van der Waals surface area (Å²) in [5.41, 5.74) is 0.875. The average Bonchev–Trinajstić information content (AvgIpc) is 3.48. The van der Waals surface area contributed by atoms with E-state index >= 15 is 0 Å². The molecular weight excluding hydrogens is 598 g/mol. The first-order chi connectivity index (χ1) is 19.5. The second-order valence-corrected chi connectivity index (χ2v) is 14.7. The van der Waals surface area contributed by atoms with Crippen molar-refractivity contribution in [1.29, 1.82) is 0 Å². The van der Waals surface area contributed by atoms with Crippen LogP contribution in [-0.2, 0) is 20.8 Å². The molecule has 0 saturated carbocycles. The molecule has 226 valence electrons. The molecule has 0 aliphatic heterocycles. The van der Waals surface area contributed by atoms with Crippen molar-refractivity contribution in [2.45, 2.75) is 91.0 Å². The number of aliphatic carboxylic acids is 1. The number of aryl methyl sites for hydroxylation is 1. The molecule has 0 spiro atoms. The van der Waals surface area contributed by atoms with Crippen LogP contribution in [0.5, 0.6) is 0 Å². The molecule has 0 fully saturated rings. The van der Waals surface area contributed by atoms with Crippen LogP contribution < -0.4 is 10.2 Å². The topological polar surface area (TPSA) is 118 Å². The summed E-state index contributed by atoms with van der Waals surface area (Å²) in [5.74, 6) is -1.27. The van der Waals surface area contributed by atoms with Gasteiger partial charge in [0.15, 0.2) is 0 Å². The van der Waals surface area contributed by atoms with E-state index in [2.05, 4.69) is 10.3 Å². The Morgan fingerprint density at radius 1 is 1.17 bits per heavy atom. The predicted molar refractivity (Wildman–Crippen MR) is 167 cm³/mol. The molecule has 1 aliphatic rings. The van der Waals surface area contributed by atoms with Crippen LogP contribution in [-0.4, -0.2) is 45.5 Å². The van der Waals surface area contributed by atoms with E-state index in [0.717, 1.165) is 20.0 Å². The van der Waals surface area contributed by atoms with E-state index in [0.29, 0.717) is 17.6 Å². The van der Waals surface area contributed by atoms with Gasteiger partial charge < -0.3 is 19.9 Å². The third-order valence-electron chi connectivity index (χ3n) is 6.52. The second-order valence-electron chi connectivity index (χ2n) is 12.2. The van der Waals surface area contributed by atoms with Crippen LogP contribution in [0.1, 0.15) is 75.6 Å². The van der Waals surface area contributed by atoms with Gasteiger partial charge in [0.25, 0.3) is 0 Å². The first-order valence-electron chi connectivity index (χ1n) is 13.6. The smallest absolute Gasteiger partial charge is 0.415 e. The molecule has 2 amide bonds. The number of pyridine rings is 1. The van der Waals surface area contributed by atoms with Crippen molar-refractivity contribution in [2.24, 2.45) is 0 Å². The number of hydrogen-bond acceptors (Lipinski definition) is 8. The van der Waals surface area contributed by atoms with Gasteiger partial charge in [0.2, 0.25) is 0 Å². The summed E-state index contributed by atoms with van der Waals surface area (Å²) in [5, 5.41) is 14.8. The van der Waals surface area contributed by atoms with Crippen LogP contribution in [0, 0.1) is 6.92 Å². The summed E-state index contributed by atoms with van der Waals surface area (Å²) >= 11 is 9.53. The molecule has 2 atom stereocenters. The number of carbonyl (C=O) groups excluding carboxylic acids is 2. The second kappa shape index (κ2) is 12.2. The van der Waals surface area contributed by atoms with Crippen LogP contribution in [0.2, 0.25) is 5.15 Å². The molecular formula is C30H36ClN3O6S2. The standard InChI is InChI=1S/C30H36ClN3O6S2/c1-16-23-25(21(14-22(31)33-23)34(15-18-9-8-12-41-18)28(38)40-30(5,6)7)42-24(16)19-11-10-17(26(35)36)13-20(19)32-27(37)39-29(2,3)4/h8-10,12,14,19-20H,11,13,15H2,1-7H3,(H,32,37)(H,35,36)/t19-,20-/m0/s1. The third kappa shape index (κ3) is 7.62. The number of aromatic nitrogens is 1. The Morgan fingerprint density at radius 2 is 1.86 bits per heavy atom. The third-order valence-corrected chi connectivity index (χ3v) is 9.01. The minimum absolute atomic E-state index is 0.135. The molecule has 12 heteroatoms. The molecule has 0 unspecified atom stereocenters. The highest BCUT2D eigenvalue weighted by atomic mass is 35.5. The van der Waals surface area contributed by atoms with Gasteiger partial charge in [-0.15, -0.1) is 22.7 Å². The summed E-state index contributed by atoms with van der Waals surface area (Å²) in [4.78, 5) is 46.2. The Kier molecular flexibility index (Phi) is 9.25. The first-order valence-corrected chi connectivity index (χ1v) is 15.6. The lowest BCUT2D eigenvalue weighted by Gasteiger charge is -2.32. The van der Waals surface area contributed by atoms with Gasteiger partial charge in [0.1, 0.15) is 16.4 Å². The van der Waals surface area contributed by atoms with E-state index in [4.69, 9.17) is 21.1 Å². The molecule has 3 aromatic rings. The number of hydrogen-bond donors (Lipinski definition) is 2. The van der Waals surface area contributed by atoms with Crippen molar-refractivity contribution in [3.05, 3.63) is 55.7 Å². The number of amides is 2. The molecule has 2 N–H and O–H groups in total. The molecule has 0 aromatic carbocycles. The first kappa shape index (κ1) is 31.8. The normalized spacial score (nSPS) is 17.5. The maximum Gasteiger partial charge on any atom is 0.415 e. The highest BCUT2D eigenvalue weighted by Crippen LogP contribution is 2.45. The zero-order valence-corrected chi connectivity index (χ0v) is 27.1. The van der Waals surface area contributed by atoms with E-state index in [1.807, 2.05) is 45.2 Å². The van der Waals surface area contributed by atoms with Crippen LogP contribution in [0.4, 0.5) is 15.3 Å². The van der Waals surface area contributed by atoms with Crippen LogP contribution in [0.15, 0.2) is 35.2 Å². The summed E-state index contributed by atoms with van der Waals surface area (Å²) in [6, 6.07) is 5.01. The number of ether oxygens (including phenoxy) is 2. The maximum absolute atomic E-state index is 13.5. The molecule has 0 saturated heterocycles. The number of allylic oxidation sites excluding steroid dienone is 1. The molecule has 3 aromatic heterocycles. The van der Waals surface area contributed by atoms with Crippen LogP contribution >= 0.6 is 34.3 Å². The van der Waals surface area contributed by atoms with E-state index in [1.54, 1.807) is 37.8 Å². The van der Waals surface area contributed by atoms with Crippen molar-refractivity contribution >= 4 is 68.3 Å². The zero-order valence-electron chi connectivity index (χ0n) is 24.7. The number of halogens is 1. The van der Waals surface area contributed by atoms with Crippen molar-refractivity contribution in [3.8, 4) is 0 Å². The Morgan fingerprint density at radius 3 is 2.45 bits per heavy atom. The number of nitrogens with one attached hydrogen (secondary N) is 1. The number of rotatable bonds is 6. The monoisotopic (exact) mass is 633 g/mol. The largest absolute Gasteiger partial charge is 0.478 e. The van der Waals surface area contributed by atoms with Crippen LogP contribution in [0.25, 0.3) is 10.2 Å². The Hall–Kier alpha value is -3.15. The van der Waals surface area contributed by atoms with E-state index in [-0.39, 0.29) is 29.6 Å². The SMILES string of the molecule is Cc1c([C@H]2CC=C(C(=O)O)C[C@@H]2NC(=O)OC(C)(C)C)sc2c(N(Cc3cccs3)C(=O)OC(C)(C)C)cc(Cl)nc12. The number of carboxylic acid groups (broad SMARTS) is 1. The highest BCUT2D eigenvalue weighted by molar-refractivity contribution is 7.20. The van der Waals surface area contributed by atoms with Crippen molar-refractivity contribution in [2.75, 3.05) is 4.90 Å². The number of carboxylic acids is 1. The fourth-order valence-corrected chi connectivity index (χ4v) is 7.13. The lowest BCUT2D eigenvalue weighted by molar-refractivity contribution is -0.133. The van der Waals surface area contributed by atoms with Gasteiger partial charge in [0.05, 0.1) is 22.4 Å². The van der Waals surface area contributed by atoms with E-state index < -0.39 is 35.4 Å². The van der Waals surface area contributed by atoms with Crippen molar-refractivity contribution < 1.29 is 29.0 Å². The van der Waals surface area contributed by atoms with Gasteiger partial charge in [0, 0.05) is 39.8 Å². The molecule has 1 aliphatic carbocycles. The van der Waals surface area contributed by atoms with Crippen molar-refractivity contribution in [3.63, 3.8) is 0 Å². The zero-order chi connectivity index (χ0) is 31.0. The Bertz CT molecular complexity index is 1520. The quantitative estimate of drug-likeness (QED) is 0.264. The van der Waals surface area contributed by atoms with Gasteiger partial charge in [-0.3, -0.25) is 4.90 Å². The predicted octanol–water partition coefficient (Wildman–Crippen LogP) is 8.04. The number of thiophene rings is 2. The van der Waals surface area contributed by atoms with Gasteiger partial charge in [-0.1, -0.05) is 23.7 Å². The van der Waals surface area contributed by atoms with Crippen LogP contribution in [0.3, 0.4) is 0 Å². The van der Waals surface area contributed by atoms with Gasteiger partial charge >= 0.3 is 18.2 Å². The van der Waals surface area contributed by atoms with Gasteiger partial charge in [-0.05, 0) is 71.9 Å². The lowest BCUT2D eigenvalue weighted by atomic mass is 9.83. The molecule has 3 heterocycles. The Labute approximate surface area is 258 Å². The number of carbonyl (C=O) groups is 3. The van der Waals surface area contributed by atoms with E-state index in [1.165, 1.54) is 22.7 Å². The minimum Gasteiger partial charge on any atom is -0.478 e. The fraction of sp³-hybridized carbons (Fsp3) is 0.467. The lowest BCUT2D eigenvalue weighted by Crippen LogP contribution is -2.44. The van der Waals surface area contributed by atoms with Gasteiger partial charge in [-0.2, -0.15) is 0 Å². The minimum atomic E-state index is -1.02. The number of anilines is 1. The molecule has 42 heavy (non-hydrogen) atoms. The number of nitrogens with zero attached hydrogens (tertiary/aromatic N) is 2. The maximum atomic E-state index is 13.5. The van der Waals surface area contributed by atoms with E-state index in [9.17, 15) is 19.5 Å². The molecule has 9 nitrogen and oxygen atoms in total. The summed E-state index contributed by atoms with van der Waals surface area (Å²) in [7, 11) is 0.